The van der Waals surface area contributed by atoms with Crippen molar-refractivity contribution in [3.63, 3.8) is 0 Å². The Balaban J connectivity index is 1.68. The fraction of sp³-hybridized carbons (Fsp3) is 0.125. The average molecular weight is 419 g/mol. The molecule has 3 amide bonds. The molecular weight excluding hydrogens is 400 g/mol. The summed E-state index contributed by atoms with van der Waals surface area (Å²) >= 11 is 6.17. The molecule has 0 aromatic heterocycles. The molecule has 1 heterocycles. The first kappa shape index (κ1) is 19.9. The van der Waals surface area contributed by atoms with Gasteiger partial charge in [-0.1, -0.05) is 60.1 Å². The summed E-state index contributed by atoms with van der Waals surface area (Å²) < 4.78 is 0. The topological polar surface area (TPSA) is 66.5 Å². The van der Waals surface area contributed by atoms with Gasteiger partial charge in [0.15, 0.2) is 0 Å². The molecule has 4 rings (SSSR count). The minimum absolute atomic E-state index is 0.206. The van der Waals surface area contributed by atoms with Gasteiger partial charge in [-0.3, -0.25) is 19.3 Å². The van der Waals surface area contributed by atoms with Crippen molar-refractivity contribution in [3.8, 4) is 0 Å². The number of nitrogens with zero attached hydrogens (tertiary/aromatic N) is 1. The van der Waals surface area contributed by atoms with Crippen molar-refractivity contribution in [2.45, 2.75) is 19.4 Å². The van der Waals surface area contributed by atoms with Crippen LogP contribution in [0.15, 0.2) is 72.8 Å². The Morgan fingerprint density at radius 1 is 0.933 bits per heavy atom. The number of fused-ring (bicyclic) bond motifs is 1. The smallest absolute Gasteiger partial charge is 0.262 e. The molecule has 3 aromatic rings. The third kappa shape index (κ3) is 3.72. The van der Waals surface area contributed by atoms with Gasteiger partial charge in [0.1, 0.15) is 6.04 Å². The van der Waals surface area contributed by atoms with Gasteiger partial charge in [0.05, 0.1) is 11.1 Å². The van der Waals surface area contributed by atoms with Gasteiger partial charge in [0, 0.05) is 17.1 Å². The number of halogens is 1. The monoisotopic (exact) mass is 418 g/mol. The minimum Gasteiger partial charge on any atom is -0.324 e. The largest absolute Gasteiger partial charge is 0.324 e. The number of carbonyl (C=O) groups is 3. The lowest BCUT2D eigenvalue weighted by Gasteiger charge is -2.25. The Kier molecular flexibility index (Phi) is 5.38. The Hall–Kier alpha value is -3.44. The van der Waals surface area contributed by atoms with Gasteiger partial charge in [0.2, 0.25) is 5.91 Å². The van der Waals surface area contributed by atoms with Crippen LogP contribution in [0, 0.1) is 6.92 Å². The van der Waals surface area contributed by atoms with Gasteiger partial charge in [-0.2, -0.15) is 0 Å². The zero-order chi connectivity index (χ0) is 21.3. The van der Waals surface area contributed by atoms with Gasteiger partial charge < -0.3 is 5.32 Å². The maximum atomic E-state index is 13.2. The molecule has 1 unspecified atom stereocenters. The molecule has 0 saturated carbocycles. The Bertz CT molecular complexity index is 1110. The first-order valence-electron chi connectivity index (χ1n) is 9.53. The van der Waals surface area contributed by atoms with E-state index in [1.807, 2.05) is 37.3 Å². The van der Waals surface area contributed by atoms with Crippen LogP contribution >= 0.6 is 11.6 Å². The third-order valence-corrected chi connectivity index (χ3v) is 5.56. The molecule has 6 heteroatoms. The molecule has 1 N–H and O–H groups in total. The Morgan fingerprint density at radius 3 is 2.13 bits per heavy atom. The molecule has 1 aliphatic heterocycles. The third-order valence-electron chi connectivity index (χ3n) is 5.15. The maximum absolute atomic E-state index is 13.2. The van der Waals surface area contributed by atoms with Crippen LogP contribution in [0.4, 0.5) is 5.69 Å². The molecule has 30 heavy (non-hydrogen) atoms. The first-order valence-corrected chi connectivity index (χ1v) is 9.91. The summed E-state index contributed by atoms with van der Waals surface area (Å²) in [4.78, 5) is 40.3. The van der Waals surface area contributed by atoms with E-state index in [2.05, 4.69) is 5.32 Å². The molecule has 150 valence electrons. The first-order chi connectivity index (χ1) is 14.5. The molecule has 5 nitrogen and oxygen atoms in total. The van der Waals surface area contributed by atoms with E-state index in [1.165, 1.54) is 0 Å². The molecule has 0 aliphatic carbocycles. The number of amides is 3. The maximum Gasteiger partial charge on any atom is 0.262 e. The van der Waals surface area contributed by atoms with Gasteiger partial charge in [-0.05, 0) is 42.3 Å². The highest BCUT2D eigenvalue weighted by molar-refractivity contribution is 6.31. The van der Waals surface area contributed by atoms with Crippen LogP contribution < -0.4 is 5.32 Å². The van der Waals surface area contributed by atoms with Crippen molar-refractivity contribution in [3.05, 3.63) is 100 Å². The molecule has 0 bridgehead atoms. The van der Waals surface area contributed by atoms with E-state index in [0.29, 0.717) is 21.8 Å². The van der Waals surface area contributed by atoms with E-state index in [4.69, 9.17) is 11.6 Å². The summed E-state index contributed by atoms with van der Waals surface area (Å²) in [5.41, 5.74) is 2.86. The average Bonchev–Trinajstić information content (AvgIpc) is 3.00. The molecule has 0 fully saturated rings. The number of anilines is 1. The van der Waals surface area contributed by atoms with Crippen LogP contribution in [0.3, 0.4) is 0 Å². The predicted molar refractivity (Wildman–Crippen MR) is 116 cm³/mol. The highest BCUT2D eigenvalue weighted by Crippen LogP contribution is 2.27. The van der Waals surface area contributed by atoms with Crippen molar-refractivity contribution in [2.75, 3.05) is 5.32 Å². The molecular formula is C24H19ClN2O3. The molecule has 1 aliphatic rings. The van der Waals surface area contributed by atoms with Gasteiger partial charge in [-0.15, -0.1) is 0 Å². The van der Waals surface area contributed by atoms with E-state index >= 15 is 0 Å². The van der Waals surface area contributed by atoms with E-state index in [9.17, 15) is 14.4 Å². The Morgan fingerprint density at radius 2 is 1.53 bits per heavy atom. The van der Waals surface area contributed by atoms with Crippen molar-refractivity contribution >= 4 is 35.0 Å². The van der Waals surface area contributed by atoms with Crippen LogP contribution in [0.5, 0.6) is 0 Å². The number of imide groups is 1. The molecule has 0 spiro atoms. The lowest BCUT2D eigenvalue weighted by atomic mass is 10.0. The van der Waals surface area contributed by atoms with Crippen LogP contribution in [0.25, 0.3) is 0 Å². The zero-order valence-corrected chi connectivity index (χ0v) is 17.0. The van der Waals surface area contributed by atoms with Crippen molar-refractivity contribution in [2.24, 2.45) is 0 Å². The second-order valence-electron chi connectivity index (χ2n) is 7.18. The fourth-order valence-corrected chi connectivity index (χ4v) is 3.71. The number of carbonyl (C=O) groups excluding carboxylic acids is 3. The van der Waals surface area contributed by atoms with Crippen molar-refractivity contribution in [1.29, 1.82) is 0 Å². The number of hydrogen-bond donors (Lipinski definition) is 1. The van der Waals surface area contributed by atoms with Crippen molar-refractivity contribution < 1.29 is 14.4 Å². The number of benzene rings is 3. The van der Waals surface area contributed by atoms with Crippen LogP contribution in [0.2, 0.25) is 5.02 Å². The highest BCUT2D eigenvalue weighted by atomic mass is 35.5. The second kappa shape index (κ2) is 8.13. The van der Waals surface area contributed by atoms with E-state index in [-0.39, 0.29) is 6.42 Å². The Labute approximate surface area is 179 Å². The van der Waals surface area contributed by atoms with E-state index in [0.717, 1.165) is 16.0 Å². The van der Waals surface area contributed by atoms with Crippen LogP contribution in [0.1, 0.15) is 31.8 Å². The summed E-state index contributed by atoms with van der Waals surface area (Å²) in [7, 11) is 0. The zero-order valence-electron chi connectivity index (χ0n) is 16.3. The molecule has 1 atom stereocenters. The second-order valence-corrected chi connectivity index (χ2v) is 7.59. The SMILES string of the molecule is Cc1ccc(NC(=O)C(Cc2ccccc2)N2C(=O)c3ccccc3C2=O)cc1Cl. The quantitative estimate of drug-likeness (QED) is 0.620. The summed E-state index contributed by atoms with van der Waals surface area (Å²) in [6.45, 7) is 1.87. The molecule has 3 aromatic carbocycles. The number of rotatable bonds is 5. The molecule has 0 radical (unpaired) electrons. The van der Waals surface area contributed by atoms with Crippen molar-refractivity contribution in [1.82, 2.24) is 4.90 Å². The normalized spacial score (nSPS) is 13.9. The van der Waals surface area contributed by atoms with Crippen LogP contribution in [-0.2, 0) is 11.2 Å². The van der Waals surface area contributed by atoms with Crippen LogP contribution in [-0.4, -0.2) is 28.7 Å². The summed E-state index contributed by atoms with van der Waals surface area (Å²) in [6.07, 6.45) is 0.206. The number of aryl methyl sites for hydroxylation is 1. The van der Waals surface area contributed by atoms with E-state index < -0.39 is 23.8 Å². The fourth-order valence-electron chi connectivity index (χ4n) is 3.53. The van der Waals surface area contributed by atoms with Gasteiger partial charge >= 0.3 is 0 Å². The summed E-state index contributed by atoms with van der Waals surface area (Å²) in [5.74, 6) is -1.38. The number of nitrogens with one attached hydrogen (secondary N) is 1. The lowest BCUT2D eigenvalue weighted by Crippen LogP contribution is -2.48. The minimum atomic E-state index is -1.00. The predicted octanol–water partition coefficient (Wildman–Crippen LogP) is 4.49. The number of hydrogen-bond acceptors (Lipinski definition) is 3. The van der Waals surface area contributed by atoms with Gasteiger partial charge in [0.25, 0.3) is 11.8 Å². The molecule has 0 saturated heterocycles. The standard InChI is InChI=1S/C24H19ClN2O3/c1-15-11-12-17(14-20(15)25)26-22(28)21(13-16-7-3-2-4-8-16)27-23(29)18-9-5-6-10-19(18)24(27)30/h2-12,14,21H,13H2,1H3,(H,26,28). The summed E-state index contributed by atoms with van der Waals surface area (Å²) in [5, 5.41) is 3.33. The van der Waals surface area contributed by atoms with Gasteiger partial charge in [-0.25, -0.2) is 0 Å². The lowest BCUT2D eigenvalue weighted by molar-refractivity contribution is -0.119. The van der Waals surface area contributed by atoms with E-state index in [1.54, 1.807) is 42.5 Å². The highest BCUT2D eigenvalue weighted by Gasteiger charge is 2.42. The summed E-state index contributed by atoms with van der Waals surface area (Å²) in [6, 6.07) is 20.1.